The fourth-order valence-corrected chi connectivity index (χ4v) is 13.6. The van der Waals surface area contributed by atoms with Crippen LogP contribution in [0.4, 0.5) is 0 Å². The molecule has 8 aromatic carbocycles. The van der Waals surface area contributed by atoms with E-state index < -0.39 is 21.7 Å². The number of epoxide rings is 8. The van der Waals surface area contributed by atoms with E-state index in [1.54, 1.807) is 0 Å². The van der Waals surface area contributed by atoms with E-state index in [-0.39, 0.29) is 48.8 Å². The van der Waals surface area contributed by atoms with Crippen LogP contribution in [-0.4, -0.2) is 155 Å². The maximum absolute atomic E-state index is 7.36. The van der Waals surface area contributed by atoms with Gasteiger partial charge < -0.3 is 75.8 Å². The van der Waals surface area contributed by atoms with Crippen LogP contribution in [0.3, 0.4) is 0 Å². The van der Waals surface area contributed by atoms with Gasteiger partial charge in [-0.2, -0.15) is 0 Å². The van der Waals surface area contributed by atoms with E-state index in [4.69, 9.17) is 75.8 Å². The Hall–Kier alpha value is -8.16. The summed E-state index contributed by atoms with van der Waals surface area (Å²) >= 11 is 0. The van der Waals surface area contributed by atoms with Crippen molar-refractivity contribution < 1.29 is 75.8 Å². The molecule has 8 aromatic rings. The van der Waals surface area contributed by atoms with Crippen LogP contribution in [0.25, 0.3) is 0 Å². The monoisotopic (exact) mass is 1400 g/mol. The molecular weight excluding hydrogens is 1300 g/mol. The molecule has 0 aliphatic carbocycles. The highest BCUT2D eigenvalue weighted by Gasteiger charge is 2.36. The molecule has 103 heavy (non-hydrogen) atoms. The SMILES string of the molecule is CC(C)(c1ccc(OCC2CO2)cc1)c1ccc(OCC2CO2)c(Cc2cc(C(C)(C)c3ccc(OCC4CO4)cc3)cc(Cc3cc(C(C)(C)c4ccc(OCC5CO5)cc4)cc(Cc4cc(C(C)(C)c5ccc(OCC6CO6)cc5)ccc4OCC4CO4)c3OCC3CO3)c2OCC2CO2)c1. The van der Waals surface area contributed by atoms with Gasteiger partial charge in [0.15, 0.2) is 0 Å². The van der Waals surface area contributed by atoms with Crippen molar-refractivity contribution in [1.82, 2.24) is 0 Å². The van der Waals surface area contributed by atoms with Gasteiger partial charge in [0.1, 0.15) is 148 Å². The molecule has 8 aliphatic rings. The van der Waals surface area contributed by atoms with Crippen LogP contribution >= 0.6 is 0 Å². The van der Waals surface area contributed by atoms with Crippen molar-refractivity contribution in [2.24, 2.45) is 0 Å². The molecule has 0 radical (unpaired) electrons. The average Bonchev–Trinajstić information content (AvgIpc) is 1.21. The standard InChI is InChI=1S/C87H96O16/c1-84(2,60-9-19-68(20-10-60)88-38-72-42-92-72)64-17-27-80(100-50-76-46-96-76)54(32-64)29-56-34-66(86(5,6)62-13-23-70(24-14-62)90-40-74-44-94-74)36-58(82(56)102-52-78-48-98-78)31-59-37-67(87(7,8)63-15-25-71(26-16-63)91-41-75-45-95-75)35-57(83(59)103-53-79-49-99-79)30-55-33-65(18-28-81(55)101-51-77-47-97-77)85(3,4)61-11-21-69(22-12-61)89-39-73-43-93-73/h9-28,32-37,72-79H,29-31,38-53H2,1-8H3. The number of benzene rings is 8. The normalized spacial score (nSPS) is 22.0. The Morgan fingerprint density at radius 1 is 0.233 bits per heavy atom. The van der Waals surface area contributed by atoms with Gasteiger partial charge in [-0.25, -0.2) is 0 Å². The van der Waals surface area contributed by atoms with Crippen LogP contribution < -0.4 is 37.9 Å². The van der Waals surface area contributed by atoms with Crippen LogP contribution in [0.5, 0.6) is 46.0 Å². The van der Waals surface area contributed by atoms with Crippen LogP contribution in [0, 0.1) is 0 Å². The van der Waals surface area contributed by atoms with Crippen LogP contribution in [0.15, 0.2) is 158 Å². The highest BCUT2D eigenvalue weighted by atomic mass is 16.6. The van der Waals surface area contributed by atoms with E-state index in [0.29, 0.717) is 98.5 Å². The third-order valence-electron chi connectivity index (χ3n) is 21.6. The van der Waals surface area contributed by atoms with Gasteiger partial charge in [-0.1, -0.05) is 152 Å². The van der Waals surface area contributed by atoms with Crippen molar-refractivity contribution >= 4 is 0 Å². The summed E-state index contributed by atoms with van der Waals surface area (Å²) in [5.74, 6) is 6.46. The second kappa shape index (κ2) is 29.1. The van der Waals surface area contributed by atoms with Crippen molar-refractivity contribution in [2.75, 3.05) is 106 Å². The first kappa shape index (κ1) is 69.2. The van der Waals surface area contributed by atoms with Gasteiger partial charge in [-0.3, -0.25) is 0 Å². The number of rotatable bonds is 38. The predicted octanol–water partition coefficient (Wildman–Crippen LogP) is 14.0. The molecule has 8 atom stereocenters. The van der Waals surface area contributed by atoms with E-state index in [9.17, 15) is 0 Å². The quantitative estimate of drug-likeness (QED) is 0.0334. The molecule has 16 rings (SSSR count). The summed E-state index contributed by atoms with van der Waals surface area (Å²) < 4.78 is 98.4. The van der Waals surface area contributed by atoms with Crippen LogP contribution in [0.2, 0.25) is 0 Å². The fourth-order valence-electron chi connectivity index (χ4n) is 13.6. The summed E-state index contributed by atoms with van der Waals surface area (Å²) in [6.45, 7) is 27.7. The summed E-state index contributed by atoms with van der Waals surface area (Å²) in [6.07, 6.45) is 2.02. The van der Waals surface area contributed by atoms with E-state index in [2.05, 4.69) is 213 Å². The summed E-state index contributed by atoms with van der Waals surface area (Å²) in [6, 6.07) is 56.9. The lowest BCUT2D eigenvalue weighted by atomic mass is 9.75. The Morgan fingerprint density at radius 2 is 0.427 bits per heavy atom. The third kappa shape index (κ3) is 17.3. The molecular formula is C87H96O16. The Labute approximate surface area is 605 Å². The van der Waals surface area contributed by atoms with Gasteiger partial charge >= 0.3 is 0 Å². The molecule has 0 amide bonds. The first-order valence-electron chi connectivity index (χ1n) is 36.9. The lowest BCUT2D eigenvalue weighted by molar-refractivity contribution is 0.256. The smallest absolute Gasteiger partial charge is 0.126 e. The van der Waals surface area contributed by atoms with Gasteiger partial charge in [0.2, 0.25) is 0 Å². The zero-order valence-corrected chi connectivity index (χ0v) is 60.6. The zero-order chi connectivity index (χ0) is 70.5. The molecule has 8 fully saturated rings. The third-order valence-corrected chi connectivity index (χ3v) is 21.6. The van der Waals surface area contributed by atoms with Gasteiger partial charge in [0.05, 0.1) is 52.9 Å². The van der Waals surface area contributed by atoms with Gasteiger partial charge in [0, 0.05) is 40.9 Å². The van der Waals surface area contributed by atoms with E-state index in [1.807, 2.05) is 0 Å². The first-order valence-corrected chi connectivity index (χ1v) is 36.9. The molecule has 0 aromatic heterocycles. The Morgan fingerprint density at radius 3 is 0.670 bits per heavy atom. The molecule has 540 valence electrons. The topological polar surface area (TPSA) is 174 Å². The molecule has 0 bridgehead atoms. The molecule has 8 heterocycles. The fraction of sp³-hybridized carbons (Fsp3) is 0.448. The minimum atomic E-state index is -0.533. The van der Waals surface area contributed by atoms with Gasteiger partial charge in [-0.15, -0.1) is 0 Å². The molecule has 0 N–H and O–H groups in total. The first-order chi connectivity index (χ1) is 49.9. The van der Waals surface area contributed by atoms with Crippen molar-refractivity contribution in [3.63, 3.8) is 0 Å². The number of hydrogen-bond donors (Lipinski definition) is 0. The van der Waals surface area contributed by atoms with Crippen LogP contribution in [0.1, 0.15) is 133 Å². The number of hydrogen-bond acceptors (Lipinski definition) is 16. The molecule has 8 unspecified atom stereocenters. The van der Waals surface area contributed by atoms with E-state index in [0.717, 1.165) is 150 Å². The second-order valence-electron chi connectivity index (χ2n) is 31.2. The van der Waals surface area contributed by atoms with Crippen molar-refractivity contribution in [3.8, 4) is 46.0 Å². The molecule has 8 saturated heterocycles. The lowest BCUT2D eigenvalue weighted by Gasteiger charge is -2.31. The van der Waals surface area contributed by atoms with Gasteiger partial charge in [0.25, 0.3) is 0 Å². The van der Waals surface area contributed by atoms with Crippen LogP contribution in [-0.2, 0) is 78.8 Å². The zero-order valence-electron chi connectivity index (χ0n) is 60.6. The van der Waals surface area contributed by atoms with Crippen molar-refractivity contribution in [1.29, 1.82) is 0 Å². The minimum Gasteiger partial charge on any atom is -0.491 e. The Kier molecular flexibility index (Phi) is 19.5. The lowest BCUT2D eigenvalue weighted by Crippen LogP contribution is -2.22. The highest BCUT2D eigenvalue weighted by molar-refractivity contribution is 5.60. The highest BCUT2D eigenvalue weighted by Crippen LogP contribution is 2.46. The largest absolute Gasteiger partial charge is 0.491 e. The Balaban J connectivity index is 0.838. The number of ether oxygens (including phenoxy) is 16. The average molecular weight is 1400 g/mol. The molecule has 8 aliphatic heterocycles. The molecule has 16 nitrogen and oxygen atoms in total. The molecule has 16 heteroatoms. The predicted molar refractivity (Wildman–Crippen MR) is 390 cm³/mol. The summed E-state index contributed by atoms with van der Waals surface area (Å²) in [4.78, 5) is 0. The maximum atomic E-state index is 7.36. The summed E-state index contributed by atoms with van der Waals surface area (Å²) in [7, 11) is 0. The minimum absolute atomic E-state index is 0.0408. The van der Waals surface area contributed by atoms with Gasteiger partial charge in [-0.05, 0) is 139 Å². The molecule has 0 spiro atoms. The van der Waals surface area contributed by atoms with Crippen molar-refractivity contribution in [3.05, 3.63) is 236 Å². The van der Waals surface area contributed by atoms with E-state index in [1.165, 1.54) is 0 Å². The second-order valence-corrected chi connectivity index (χ2v) is 31.2. The van der Waals surface area contributed by atoms with E-state index >= 15 is 0 Å². The Bertz CT molecular complexity index is 3990. The summed E-state index contributed by atoms with van der Waals surface area (Å²) in [5.41, 5.74) is 13.3. The van der Waals surface area contributed by atoms with Crippen molar-refractivity contribution in [2.45, 2.75) is 145 Å². The summed E-state index contributed by atoms with van der Waals surface area (Å²) in [5, 5.41) is 0. The maximum Gasteiger partial charge on any atom is 0.126 e. The molecule has 0 saturated carbocycles.